The van der Waals surface area contributed by atoms with Crippen molar-refractivity contribution < 1.29 is 10.2 Å². The average molecular weight is 314 g/mol. The first-order valence-electron chi connectivity index (χ1n) is 9.09. The standard InChI is InChI=1S/C21H30O2/c1-5-6-7-8-14-10-15(22)11-19(23)20(14)16-9-13(2)17-12-18(16)21(17,3)4/h9-11,16-18,22-23H,5-8,12H2,1-4H3/t16-,17+,18-/m0/s1. The molecule has 0 radical (unpaired) electrons. The lowest BCUT2D eigenvalue weighted by Gasteiger charge is -2.59. The van der Waals surface area contributed by atoms with Crippen molar-refractivity contribution >= 4 is 0 Å². The largest absolute Gasteiger partial charge is 0.508 e. The Labute approximate surface area is 140 Å². The number of allylic oxidation sites excluding steroid dienone is 2. The molecule has 23 heavy (non-hydrogen) atoms. The third-order valence-electron chi connectivity index (χ3n) is 6.38. The Kier molecular flexibility index (Phi) is 4.20. The van der Waals surface area contributed by atoms with Crippen LogP contribution in [0, 0.1) is 17.3 Å². The van der Waals surface area contributed by atoms with E-state index >= 15 is 0 Å². The topological polar surface area (TPSA) is 40.5 Å². The Bertz CT molecular complexity index is 627. The second-order valence-corrected chi connectivity index (χ2v) is 8.15. The molecular weight excluding hydrogens is 284 g/mol. The highest BCUT2D eigenvalue weighted by molar-refractivity contribution is 5.51. The van der Waals surface area contributed by atoms with Crippen molar-refractivity contribution in [2.75, 3.05) is 0 Å². The van der Waals surface area contributed by atoms with Gasteiger partial charge in [0.25, 0.3) is 0 Å². The summed E-state index contributed by atoms with van der Waals surface area (Å²) in [5, 5.41) is 20.5. The van der Waals surface area contributed by atoms with Gasteiger partial charge < -0.3 is 10.2 Å². The molecule has 1 saturated carbocycles. The third-order valence-corrected chi connectivity index (χ3v) is 6.38. The van der Waals surface area contributed by atoms with E-state index in [9.17, 15) is 10.2 Å². The van der Waals surface area contributed by atoms with Gasteiger partial charge in [-0.1, -0.05) is 45.3 Å². The number of fused-ring (bicyclic) bond motifs is 1. The summed E-state index contributed by atoms with van der Waals surface area (Å²) in [6, 6.07) is 3.38. The number of phenols is 2. The summed E-state index contributed by atoms with van der Waals surface area (Å²) in [6.07, 6.45) is 8.02. The molecule has 2 bridgehead atoms. The molecule has 0 heterocycles. The molecule has 0 unspecified atom stereocenters. The van der Waals surface area contributed by atoms with E-state index in [-0.39, 0.29) is 17.4 Å². The van der Waals surface area contributed by atoms with E-state index in [1.807, 2.05) is 6.07 Å². The fourth-order valence-electron chi connectivity index (χ4n) is 4.98. The molecule has 2 nitrogen and oxygen atoms in total. The summed E-state index contributed by atoms with van der Waals surface area (Å²) < 4.78 is 0. The number of aryl methyl sites for hydroxylation is 1. The van der Waals surface area contributed by atoms with E-state index in [1.54, 1.807) is 0 Å². The number of aromatic hydroxyl groups is 2. The van der Waals surface area contributed by atoms with Crippen LogP contribution in [-0.4, -0.2) is 10.2 Å². The predicted molar refractivity (Wildman–Crippen MR) is 94.9 cm³/mol. The molecular formula is C21H30O2. The average Bonchev–Trinajstić information content (AvgIpc) is 2.45. The van der Waals surface area contributed by atoms with Gasteiger partial charge in [0.1, 0.15) is 11.5 Å². The molecule has 0 saturated heterocycles. The van der Waals surface area contributed by atoms with Gasteiger partial charge in [-0.05, 0) is 55.1 Å². The van der Waals surface area contributed by atoms with Gasteiger partial charge in [0, 0.05) is 17.5 Å². The van der Waals surface area contributed by atoms with Gasteiger partial charge in [0.05, 0.1) is 0 Å². The fourth-order valence-corrected chi connectivity index (χ4v) is 4.98. The summed E-state index contributed by atoms with van der Waals surface area (Å²) in [5.74, 6) is 2.03. The molecule has 2 N–H and O–H groups in total. The molecule has 0 aromatic heterocycles. The Morgan fingerprint density at radius 3 is 2.52 bits per heavy atom. The molecule has 1 aromatic carbocycles. The normalized spacial score (nSPS) is 28.2. The number of rotatable bonds is 5. The number of benzene rings is 1. The highest BCUT2D eigenvalue weighted by atomic mass is 16.3. The Balaban J connectivity index is 2.00. The SMILES string of the molecule is CCCCCc1cc(O)cc(O)c1[C@H]1C=C(C)[C@H]2C[C@@H]1C2(C)C. The van der Waals surface area contributed by atoms with Crippen LogP contribution in [0.15, 0.2) is 23.8 Å². The minimum Gasteiger partial charge on any atom is -0.508 e. The molecule has 1 aromatic rings. The molecule has 3 aliphatic rings. The van der Waals surface area contributed by atoms with Crippen molar-refractivity contribution in [3.63, 3.8) is 0 Å². The Hall–Kier alpha value is -1.44. The second-order valence-electron chi connectivity index (χ2n) is 8.15. The van der Waals surface area contributed by atoms with E-state index < -0.39 is 0 Å². The van der Waals surface area contributed by atoms with Crippen molar-refractivity contribution in [1.29, 1.82) is 0 Å². The zero-order chi connectivity index (χ0) is 16.8. The Morgan fingerprint density at radius 1 is 1.17 bits per heavy atom. The molecule has 0 spiro atoms. The first kappa shape index (κ1) is 16.4. The van der Waals surface area contributed by atoms with Crippen molar-refractivity contribution in [3.8, 4) is 11.5 Å². The second kappa shape index (κ2) is 5.89. The maximum absolute atomic E-state index is 10.6. The summed E-state index contributed by atoms with van der Waals surface area (Å²) in [7, 11) is 0. The molecule has 0 aliphatic heterocycles. The highest BCUT2D eigenvalue weighted by Gasteiger charge is 2.54. The lowest BCUT2D eigenvalue weighted by Crippen LogP contribution is -2.50. The monoisotopic (exact) mass is 314 g/mol. The van der Waals surface area contributed by atoms with Crippen molar-refractivity contribution in [2.45, 2.75) is 65.7 Å². The van der Waals surface area contributed by atoms with Crippen LogP contribution in [0.2, 0.25) is 0 Å². The van der Waals surface area contributed by atoms with Crippen LogP contribution in [0.4, 0.5) is 0 Å². The van der Waals surface area contributed by atoms with Gasteiger partial charge in [-0.15, -0.1) is 0 Å². The zero-order valence-corrected chi connectivity index (χ0v) is 14.9. The zero-order valence-electron chi connectivity index (χ0n) is 14.9. The first-order chi connectivity index (χ1) is 10.9. The van der Waals surface area contributed by atoms with Gasteiger partial charge in [-0.2, -0.15) is 0 Å². The van der Waals surface area contributed by atoms with Crippen LogP contribution < -0.4 is 0 Å². The van der Waals surface area contributed by atoms with Crippen LogP contribution >= 0.6 is 0 Å². The lowest BCUT2D eigenvalue weighted by molar-refractivity contribution is -0.0196. The molecule has 1 fully saturated rings. The van der Waals surface area contributed by atoms with E-state index in [0.717, 1.165) is 24.0 Å². The van der Waals surface area contributed by atoms with Crippen LogP contribution in [0.25, 0.3) is 0 Å². The summed E-state index contributed by atoms with van der Waals surface area (Å²) in [6.45, 7) is 9.17. The van der Waals surface area contributed by atoms with Crippen molar-refractivity contribution in [1.82, 2.24) is 0 Å². The number of hydrogen-bond acceptors (Lipinski definition) is 2. The molecule has 4 rings (SSSR count). The van der Waals surface area contributed by atoms with E-state index in [2.05, 4.69) is 33.8 Å². The van der Waals surface area contributed by atoms with E-state index in [1.165, 1.54) is 30.9 Å². The quantitative estimate of drug-likeness (QED) is 0.553. The maximum atomic E-state index is 10.6. The molecule has 0 amide bonds. The van der Waals surface area contributed by atoms with Crippen molar-refractivity contribution in [2.24, 2.45) is 17.3 Å². The van der Waals surface area contributed by atoms with Gasteiger partial charge in [-0.3, -0.25) is 0 Å². The minimum atomic E-state index is 0.181. The minimum absolute atomic E-state index is 0.181. The van der Waals surface area contributed by atoms with Crippen LogP contribution in [-0.2, 0) is 6.42 Å². The van der Waals surface area contributed by atoms with Crippen molar-refractivity contribution in [3.05, 3.63) is 34.9 Å². The fraction of sp³-hybridized carbons (Fsp3) is 0.619. The maximum Gasteiger partial charge on any atom is 0.123 e. The number of unbranched alkanes of at least 4 members (excludes halogenated alkanes) is 2. The van der Waals surface area contributed by atoms with Gasteiger partial charge in [0.2, 0.25) is 0 Å². The number of hydrogen-bond donors (Lipinski definition) is 2. The van der Waals surface area contributed by atoms with E-state index in [4.69, 9.17) is 0 Å². The van der Waals surface area contributed by atoms with Crippen LogP contribution in [0.3, 0.4) is 0 Å². The predicted octanol–water partition coefficient (Wildman–Crippen LogP) is 5.54. The highest BCUT2D eigenvalue weighted by Crippen LogP contribution is 2.64. The van der Waals surface area contributed by atoms with E-state index in [0.29, 0.717) is 17.3 Å². The van der Waals surface area contributed by atoms with Crippen LogP contribution in [0.1, 0.15) is 70.4 Å². The summed E-state index contributed by atoms with van der Waals surface area (Å²) in [5.41, 5.74) is 3.98. The summed E-state index contributed by atoms with van der Waals surface area (Å²) >= 11 is 0. The third kappa shape index (κ3) is 2.66. The first-order valence-corrected chi connectivity index (χ1v) is 9.09. The lowest BCUT2D eigenvalue weighted by atomic mass is 9.45. The molecule has 126 valence electrons. The van der Waals surface area contributed by atoms with Crippen LogP contribution in [0.5, 0.6) is 11.5 Å². The number of phenolic OH excluding ortho intramolecular Hbond substituents is 2. The van der Waals surface area contributed by atoms with Gasteiger partial charge in [-0.25, -0.2) is 0 Å². The smallest absolute Gasteiger partial charge is 0.123 e. The Morgan fingerprint density at radius 2 is 1.91 bits per heavy atom. The van der Waals surface area contributed by atoms with Gasteiger partial charge in [0.15, 0.2) is 0 Å². The van der Waals surface area contributed by atoms with Gasteiger partial charge >= 0.3 is 0 Å². The summed E-state index contributed by atoms with van der Waals surface area (Å²) in [4.78, 5) is 0. The molecule has 2 heteroatoms. The molecule has 3 aliphatic carbocycles. The molecule has 3 atom stereocenters.